The van der Waals surface area contributed by atoms with Gasteiger partial charge in [-0.2, -0.15) is 0 Å². The van der Waals surface area contributed by atoms with Gasteiger partial charge in [-0.15, -0.1) is 0 Å². The molecule has 1 aromatic carbocycles. The van der Waals surface area contributed by atoms with E-state index in [0.29, 0.717) is 13.1 Å². The number of carboxylic acids is 1. The molecule has 0 aromatic heterocycles. The van der Waals surface area contributed by atoms with Crippen LogP contribution < -0.4 is 0 Å². The van der Waals surface area contributed by atoms with Crippen molar-refractivity contribution < 1.29 is 19.1 Å². The number of hydrogen-bond donors (Lipinski definition) is 1. The minimum atomic E-state index is -1.08. The van der Waals surface area contributed by atoms with Gasteiger partial charge in [0.2, 0.25) is 5.91 Å². The molecule has 1 rings (SSSR count). The number of amides is 1. The van der Waals surface area contributed by atoms with Gasteiger partial charge in [0, 0.05) is 24.7 Å². The van der Waals surface area contributed by atoms with Gasteiger partial charge in [0.15, 0.2) is 0 Å². The lowest BCUT2D eigenvalue weighted by molar-refractivity contribution is -0.142. The summed E-state index contributed by atoms with van der Waals surface area (Å²) >= 11 is 0. The first-order valence-electron chi connectivity index (χ1n) is 6.48. The Morgan fingerprint density at radius 1 is 1.24 bits per heavy atom. The molecule has 5 nitrogen and oxygen atoms in total. The van der Waals surface area contributed by atoms with Crippen molar-refractivity contribution in [2.45, 2.75) is 0 Å². The van der Waals surface area contributed by atoms with Crippen LogP contribution in [0.1, 0.15) is 5.56 Å². The summed E-state index contributed by atoms with van der Waals surface area (Å²) in [7, 11) is 3.66. The van der Waals surface area contributed by atoms with E-state index in [-0.39, 0.29) is 12.1 Å². The van der Waals surface area contributed by atoms with Gasteiger partial charge in [0.05, 0.1) is 0 Å². The van der Waals surface area contributed by atoms with Crippen molar-refractivity contribution in [3.05, 3.63) is 41.7 Å². The van der Waals surface area contributed by atoms with Crippen molar-refractivity contribution in [1.29, 1.82) is 0 Å². The zero-order chi connectivity index (χ0) is 15.8. The Morgan fingerprint density at radius 3 is 2.48 bits per heavy atom. The highest BCUT2D eigenvalue weighted by Gasteiger charge is 2.14. The zero-order valence-electron chi connectivity index (χ0n) is 12.1. The molecule has 0 unspecified atom stereocenters. The first-order valence-corrected chi connectivity index (χ1v) is 6.48. The summed E-state index contributed by atoms with van der Waals surface area (Å²) in [6.45, 7) is 0.459. The predicted molar refractivity (Wildman–Crippen MR) is 78.2 cm³/mol. The number of carbonyl (C=O) groups excluding carboxylic acids is 1. The van der Waals surface area contributed by atoms with Crippen molar-refractivity contribution in [1.82, 2.24) is 9.80 Å². The van der Waals surface area contributed by atoms with E-state index in [0.717, 1.165) is 0 Å². The van der Waals surface area contributed by atoms with E-state index >= 15 is 0 Å². The molecule has 0 atom stereocenters. The summed E-state index contributed by atoms with van der Waals surface area (Å²) in [5.41, 5.74) is 0.286. The number of halogens is 1. The minimum Gasteiger partial charge on any atom is -0.480 e. The van der Waals surface area contributed by atoms with Gasteiger partial charge in [-0.05, 0) is 26.2 Å². The number of rotatable bonds is 7. The number of nitrogens with zero attached hydrogens (tertiary/aromatic N) is 2. The average Bonchev–Trinajstić information content (AvgIpc) is 2.41. The third-order valence-electron chi connectivity index (χ3n) is 2.77. The molecular weight excluding hydrogens is 275 g/mol. The van der Waals surface area contributed by atoms with E-state index in [1.165, 1.54) is 23.1 Å². The van der Waals surface area contributed by atoms with Crippen molar-refractivity contribution in [3.8, 4) is 0 Å². The highest BCUT2D eigenvalue weighted by atomic mass is 19.1. The Balaban J connectivity index is 2.75. The highest BCUT2D eigenvalue weighted by Crippen LogP contribution is 2.08. The summed E-state index contributed by atoms with van der Waals surface area (Å²) < 4.78 is 13.4. The van der Waals surface area contributed by atoms with Crippen LogP contribution in [-0.2, 0) is 9.59 Å². The molecule has 0 radical (unpaired) electrons. The molecule has 1 aromatic rings. The fourth-order valence-electron chi connectivity index (χ4n) is 1.63. The second-order valence-electron chi connectivity index (χ2n) is 4.81. The van der Waals surface area contributed by atoms with Gasteiger partial charge in [-0.1, -0.05) is 18.2 Å². The van der Waals surface area contributed by atoms with E-state index < -0.39 is 17.7 Å². The average molecular weight is 294 g/mol. The molecule has 114 valence electrons. The van der Waals surface area contributed by atoms with Gasteiger partial charge in [0.1, 0.15) is 12.4 Å². The standard InChI is InChI=1S/C15H19FN2O3/c1-17(2)9-10-18(11-15(20)21)14(19)8-7-12-5-3-4-6-13(12)16/h3-8H,9-11H2,1-2H3,(H,20,21)/b8-7+. The Bertz CT molecular complexity index is 529. The first-order chi connectivity index (χ1) is 9.90. The number of carbonyl (C=O) groups is 2. The maximum Gasteiger partial charge on any atom is 0.323 e. The molecule has 0 spiro atoms. The van der Waals surface area contributed by atoms with Crippen molar-refractivity contribution in [2.75, 3.05) is 33.7 Å². The van der Waals surface area contributed by atoms with Gasteiger partial charge in [-0.3, -0.25) is 9.59 Å². The van der Waals surface area contributed by atoms with Crippen molar-refractivity contribution >= 4 is 18.0 Å². The number of aliphatic carboxylic acids is 1. The maximum absolute atomic E-state index is 13.4. The number of carboxylic acid groups (broad SMARTS) is 1. The summed E-state index contributed by atoms with van der Waals surface area (Å²) in [6, 6.07) is 6.06. The van der Waals surface area contributed by atoms with Crippen LogP contribution in [0.4, 0.5) is 4.39 Å². The quantitative estimate of drug-likeness (QED) is 0.770. The van der Waals surface area contributed by atoms with Crippen molar-refractivity contribution in [2.24, 2.45) is 0 Å². The van der Waals surface area contributed by atoms with Crippen LogP contribution >= 0.6 is 0 Å². The molecule has 21 heavy (non-hydrogen) atoms. The first kappa shape index (κ1) is 16.8. The second kappa shape index (κ2) is 8.16. The van der Waals surface area contributed by atoms with Crippen molar-refractivity contribution in [3.63, 3.8) is 0 Å². The minimum absolute atomic E-state index is 0.286. The zero-order valence-corrected chi connectivity index (χ0v) is 12.1. The molecule has 0 bridgehead atoms. The predicted octanol–water partition coefficient (Wildman–Crippen LogP) is 1.31. The molecule has 1 N–H and O–H groups in total. The van der Waals surface area contributed by atoms with E-state index in [2.05, 4.69) is 0 Å². The monoisotopic (exact) mass is 294 g/mol. The molecular formula is C15H19FN2O3. The Hall–Kier alpha value is -2.21. The Kier molecular flexibility index (Phi) is 6.55. The molecule has 0 aliphatic heterocycles. The summed E-state index contributed by atoms with van der Waals surface area (Å²) in [4.78, 5) is 25.9. The third kappa shape index (κ3) is 6.18. The smallest absolute Gasteiger partial charge is 0.323 e. The molecule has 0 saturated heterocycles. The molecule has 6 heteroatoms. The van der Waals surface area contributed by atoms with Crippen LogP contribution in [0, 0.1) is 5.82 Å². The lowest BCUT2D eigenvalue weighted by Gasteiger charge is -2.21. The van der Waals surface area contributed by atoms with E-state index in [4.69, 9.17) is 5.11 Å². The van der Waals surface area contributed by atoms with Crippen LogP contribution in [0.15, 0.2) is 30.3 Å². The molecule has 0 saturated carbocycles. The van der Waals surface area contributed by atoms with Crippen LogP contribution in [0.25, 0.3) is 6.08 Å². The normalized spacial score (nSPS) is 11.0. The number of benzene rings is 1. The van der Waals surface area contributed by atoms with E-state index in [1.807, 2.05) is 19.0 Å². The van der Waals surface area contributed by atoms with E-state index in [1.54, 1.807) is 18.2 Å². The lowest BCUT2D eigenvalue weighted by Crippen LogP contribution is -2.39. The molecule has 0 heterocycles. The molecule has 0 aliphatic carbocycles. The Labute approximate surface area is 123 Å². The molecule has 1 amide bonds. The Morgan fingerprint density at radius 2 is 1.90 bits per heavy atom. The second-order valence-corrected chi connectivity index (χ2v) is 4.81. The fraction of sp³-hybridized carbons (Fsp3) is 0.333. The van der Waals surface area contributed by atoms with Crippen LogP contribution in [0.3, 0.4) is 0 Å². The summed E-state index contributed by atoms with van der Waals surface area (Å²) in [5, 5.41) is 8.84. The van der Waals surface area contributed by atoms with E-state index in [9.17, 15) is 14.0 Å². The van der Waals surface area contributed by atoms with Gasteiger partial charge in [0.25, 0.3) is 0 Å². The maximum atomic E-state index is 13.4. The summed E-state index contributed by atoms with van der Waals surface area (Å²) in [5.74, 6) is -1.97. The fourth-order valence-corrected chi connectivity index (χ4v) is 1.63. The number of hydrogen-bond acceptors (Lipinski definition) is 3. The largest absolute Gasteiger partial charge is 0.480 e. The van der Waals surface area contributed by atoms with Gasteiger partial charge in [-0.25, -0.2) is 4.39 Å². The summed E-state index contributed by atoms with van der Waals surface area (Å²) in [6.07, 6.45) is 2.54. The highest BCUT2D eigenvalue weighted by molar-refractivity contribution is 5.93. The molecule has 0 aliphatic rings. The topological polar surface area (TPSA) is 60.9 Å². The van der Waals surface area contributed by atoms with Crippen LogP contribution in [0.2, 0.25) is 0 Å². The lowest BCUT2D eigenvalue weighted by atomic mass is 10.2. The van der Waals surface area contributed by atoms with Gasteiger partial charge < -0.3 is 14.9 Å². The SMILES string of the molecule is CN(C)CCN(CC(=O)O)C(=O)/C=C/c1ccccc1F. The van der Waals surface area contributed by atoms with Crippen LogP contribution in [-0.4, -0.2) is 60.5 Å². The molecule has 0 fully saturated rings. The number of likely N-dealkylation sites (N-methyl/N-ethyl adjacent to an activating group) is 1. The third-order valence-corrected chi connectivity index (χ3v) is 2.77. The van der Waals surface area contributed by atoms with Gasteiger partial charge >= 0.3 is 5.97 Å². The van der Waals surface area contributed by atoms with Crippen LogP contribution in [0.5, 0.6) is 0 Å².